The van der Waals surface area contributed by atoms with Crippen LogP contribution in [0.25, 0.3) is 0 Å². The number of anilines is 2. The molecule has 7 heteroatoms. The lowest BCUT2D eigenvalue weighted by atomic mass is 10.2. The molecule has 0 spiro atoms. The molecule has 0 aliphatic heterocycles. The molecule has 0 heterocycles. The van der Waals surface area contributed by atoms with Crippen LogP contribution in [0.2, 0.25) is 0 Å². The van der Waals surface area contributed by atoms with Crippen LogP contribution in [0.3, 0.4) is 0 Å². The number of aryl methyl sites for hydroxylation is 1. The average Bonchev–Trinajstić information content (AvgIpc) is 2.41. The third-order valence-electron chi connectivity index (χ3n) is 3.02. The van der Waals surface area contributed by atoms with Crippen LogP contribution in [0.5, 0.6) is 0 Å². The molecule has 0 fully saturated rings. The average molecular weight is 373 g/mol. The SMILES string of the molecule is Cc1cccc(N(C)S(=O)(=O)c2cc(N)cc(Br)c2F)c1. The first kappa shape index (κ1) is 15.8. The Morgan fingerprint density at radius 1 is 1.24 bits per heavy atom. The van der Waals surface area contributed by atoms with Gasteiger partial charge in [-0.05, 0) is 52.7 Å². The molecule has 0 bridgehead atoms. The van der Waals surface area contributed by atoms with Gasteiger partial charge in [-0.25, -0.2) is 12.8 Å². The number of hydrogen-bond donors (Lipinski definition) is 1. The molecule has 0 atom stereocenters. The van der Waals surface area contributed by atoms with Crippen LogP contribution in [-0.2, 0) is 10.0 Å². The van der Waals surface area contributed by atoms with Gasteiger partial charge in [-0.2, -0.15) is 0 Å². The van der Waals surface area contributed by atoms with Crippen LogP contribution in [0.4, 0.5) is 15.8 Å². The van der Waals surface area contributed by atoms with Gasteiger partial charge in [0.25, 0.3) is 10.0 Å². The van der Waals surface area contributed by atoms with E-state index in [0.717, 1.165) is 15.9 Å². The summed E-state index contributed by atoms with van der Waals surface area (Å²) in [5, 5.41) is 0. The van der Waals surface area contributed by atoms with Crippen molar-refractivity contribution >= 4 is 37.3 Å². The molecule has 2 N–H and O–H groups in total. The molecule has 4 nitrogen and oxygen atoms in total. The molecule has 2 aromatic rings. The normalized spacial score (nSPS) is 11.4. The van der Waals surface area contributed by atoms with E-state index in [-0.39, 0.29) is 10.2 Å². The highest BCUT2D eigenvalue weighted by atomic mass is 79.9. The molecule has 0 unspecified atom stereocenters. The van der Waals surface area contributed by atoms with Crippen molar-refractivity contribution in [2.24, 2.45) is 0 Å². The summed E-state index contributed by atoms with van der Waals surface area (Å²) in [6.45, 7) is 1.85. The van der Waals surface area contributed by atoms with Crippen molar-refractivity contribution in [1.29, 1.82) is 0 Å². The first-order valence-corrected chi connectivity index (χ1v) is 8.27. The lowest BCUT2D eigenvalue weighted by Gasteiger charge is -2.20. The molecular weight excluding hydrogens is 359 g/mol. The minimum atomic E-state index is -4.04. The zero-order chi connectivity index (χ0) is 15.8. The Kier molecular flexibility index (Phi) is 4.25. The molecule has 0 aliphatic rings. The van der Waals surface area contributed by atoms with E-state index < -0.39 is 20.7 Å². The van der Waals surface area contributed by atoms with Crippen molar-refractivity contribution in [3.8, 4) is 0 Å². The Morgan fingerprint density at radius 2 is 1.90 bits per heavy atom. The number of rotatable bonds is 3. The van der Waals surface area contributed by atoms with Crippen LogP contribution < -0.4 is 10.0 Å². The predicted molar refractivity (Wildman–Crippen MR) is 85.3 cm³/mol. The fourth-order valence-electron chi connectivity index (χ4n) is 1.88. The Morgan fingerprint density at radius 3 is 2.52 bits per heavy atom. The van der Waals surface area contributed by atoms with E-state index in [1.165, 1.54) is 13.1 Å². The number of hydrogen-bond acceptors (Lipinski definition) is 3. The van der Waals surface area contributed by atoms with Gasteiger partial charge < -0.3 is 5.73 Å². The molecule has 0 amide bonds. The first-order valence-electron chi connectivity index (χ1n) is 6.03. The van der Waals surface area contributed by atoms with Gasteiger partial charge in [0.2, 0.25) is 0 Å². The molecular formula is C14H14BrFN2O2S. The van der Waals surface area contributed by atoms with Gasteiger partial charge in [-0.1, -0.05) is 12.1 Å². The molecule has 2 aromatic carbocycles. The number of nitrogens with zero attached hydrogens (tertiary/aromatic N) is 1. The lowest BCUT2D eigenvalue weighted by Crippen LogP contribution is -2.27. The zero-order valence-electron chi connectivity index (χ0n) is 11.5. The summed E-state index contributed by atoms with van der Waals surface area (Å²) >= 11 is 2.97. The zero-order valence-corrected chi connectivity index (χ0v) is 13.9. The molecule has 2 rings (SSSR count). The third kappa shape index (κ3) is 3.03. The van der Waals surface area contributed by atoms with Crippen molar-refractivity contribution in [3.05, 3.63) is 52.3 Å². The standard InChI is InChI=1S/C14H14BrFN2O2S/c1-9-4-3-5-11(6-9)18(2)21(19,20)13-8-10(17)7-12(15)14(13)16/h3-8H,17H2,1-2H3. The fraction of sp³-hybridized carbons (Fsp3) is 0.143. The van der Waals surface area contributed by atoms with Gasteiger partial charge in [0.05, 0.1) is 10.2 Å². The highest BCUT2D eigenvalue weighted by Gasteiger charge is 2.26. The predicted octanol–water partition coefficient (Wildman–Crippen LogP) is 3.30. The maximum Gasteiger partial charge on any atom is 0.267 e. The number of benzene rings is 2. The maximum atomic E-state index is 14.1. The number of nitrogen functional groups attached to an aromatic ring is 1. The van der Waals surface area contributed by atoms with Crippen LogP contribution in [0.1, 0.15) is 5.56 Å². The largest absolute Gasteiger partial charge is 0.399 e. The van der Waals surface area contributed by atoms with E-state index in [1.807, 2.05) is 13.0 Å². The second kappa shape index (κ2) is 5.65. The van der Waals surface area contributed by atoms with E-state index in [1.54, 1.807) is 18.2 Å². The molecule has 0 aliphatic carbocycles. The Balaban J connectivity index is 2.57. The minimum Gasteiger partial charge on any atom is -0.399 e. The van der Waals surface area contributed by atoms with E-state index in [0.29, 0.717) is 5.69 Å². The van der Waals surface area contributed by atoms with E-state index in [9.17, 15) is 12.8 Å². The summed E-state index contributed by atoms with van der Waals surface area (Å²) < 4.78 is 40.3. The van der Waals surface area contributed by atoms with Crippen molar-refractivity contribution in [2.45, 2.75) is 11.8 Å². The van der Waals surface area contributed by atoms with Crippen molar-refractivity contribution in [1.82, 2.24) is 0 Å². The Bertz CT molecular complexity index is 794. The summed E-state index contributed by atoms with van der Waals surface area (Å²) in [6.07, 6.45) is 0. The van der Waals surface area contributed by atoms with Gasteiger partial charge in [-0.15, -0.1) is 0 Å². The van der Waals surface area contributed by atoms with E-state index in [2.05, 4.69) is 15.9 Å². The monoisotopic (exact) mass is 372 g/mol. The minimum absolute atomic E-state index is 0.0127. The van der Waals surface area contributed by atoms with E-state index >= 15 is 0 Å². The highest BCUT2D eigenvalue weighted by molar-refractivity contribution is 9.10. The van der Waals surface area contributed by atoms with Crippen LogP contribution >= 0.6 is 15.9 Å². The second-order valence-electron chi connectivity index (χ2n) is 4.63. The van der Waals surface area contributed by atoms with Crippen molar-refractivity contribution in [3.63, 3.8) is 0 Å². The maximum absolute atomic E-state index is 14.1. The number of halogens is 2. The summed E-state index contributed by atoms with van der Waals surface area (Å²) in [5.74, 6) is -0.858. The van der Waals surface area contributed by atoms with Gasteiger partial charge >= 0.3 is 0 Å². The van der Waals surface area contributed by atoms with Crippen molar-refractivity contribution < 1.29 is 12.8 Å². The lowest BCUT2D eigenvalue weighted by molar-refractivity contribution is 0.562. The molecule has 0 aromatic heterocycles. The van der Waals surface area contributed by atoms with Gasteiger partial charge in [0, 0.05) is 12.7 Å². The molecule has 112 valence electrons. The highest BCUT2D eigenvalue weighted by Crippen LogP contribution is 2.30. The Hall–Kier alpha value is -1.60. The van der Waals surface area contributed by atoms with Crippen LogP contribution in [0.15, 0.2) is 45.8 Å². The van der Waals surface area contributed by atoms with Crippen molar-refractivity contribution in [2.75, 3.05) is 17.1 Å². The topological polar surface area (TPSA) is 63.4 Å². The smallest absolute Gasteiger partial charge is 0.267 e. The molecule has 0 saturated carbocycles. The molecule has 0 radical (unpaired) electrons. The van der Waals surface area contributed by atoms with Gasteiger partial charge in [0.15, 0.2) is 5.82 Å². The summed E-state index contributed by atoms with van der Waals surface area (Å²) in [7, 11) is -2.66. The summed E-state index contributed by atoms with van der Waals surface area (Å²) in [4.78, 5) is -0.460. The first-order chi connectivity index (χ1) is 9.73. The Labute approximate surface area is 131 Å². The summed E-state index contributed by atoms with van der Waals surface area (Å²) in [5.41, 5.74) is 7.13. The van der Waals surface area contributed by atoms with Crippen LogP contribution in [-0.4, -0.2) is 15.5 Å². The fourth-order valence-corrected chi connectivity index (χ4v) is 3.80. The molecule has 0 saturated heterocycles. The number of sulfonamides is 1. The quantitative estimate of drug-likeness (QED) is 0.840. The second-order valence-corrected chi connectivity index (χ2v) is 7.42. The van der Waals surface area contributed by atoms with Crippen LogP contribution in [0, 0.1) is 12.7 Å². The van der Waals surface area contributed by atoms with Gasteiger partial charge in [0.1, 0.15) is 4.90 Å². The van der Waals surface area contributed by atoms with Gasteiger partial charge in [-0.3, -0.25) is 4.31 Å². The summed E-state index contributed by atoms with van der Waals surface area (Å²) in [6, 6.07) is 9.37. The third-order valence-corrected chi connectivity index (χ3v) is 5.38. The molecule has 21 heavy (non-hydrogen) atoms. The van der Waals surface area contributed by atoms with E-state index in [4.69, 9.17) is 5.73 Å². The number of nitrogens with two attached hydrogens (primary N) is 1.